The van der Waals surface area contributed by atoms with Crippen molar-refractivity contribution in [2.24, 2.45) is 5.73 Å². The van der Waals surface area contributed by atoms with Crippen molar-refractivity contribution < 1.29 is 40.9 Å². The van der Waals surface area contributed by atoms with Gasteiger partial charge in [-0.1, -0.05) is 17.7 Å². The third kappa shape index (κ3) is 6.78. The summed E-state index contributed by atoms with van der Waals surface area (Å²) in [6, 6.07) is 3.12. The van der Waals surface area contributed by atoms with Crippen molar-refractivity contribution in [3.63, 3.8) is 0 Å². The van der Waals surface area contributed by atoms with Crippen LogP contribution in [0.3, 0.4) is 0 Å². The van der Waals surface area contributed by atoms with Crippen LogP contribution in [0.2, 0.25) is 0 Å². The van der Waals surface area contributed by atoms with Crippen LogP contribution in [0, 0.1) is 6.92 Å². The molecule has 198 valence electrons. The van der Waals surface area contributed by atoms with Crippen molar-refractivity contribution >= 4 is 37.7 Å². The Morgan fingerprint density at radius 3 is 1.91 bits per heavy atom. The molecule has 12 nitrogen and oxygen atoms in total. The lowest BCUT2D eigenvalue weighted by Crippen LogP contribution is -2.78. The molecular formula is C21H33N3O9S2. The number of carbonyl (C=O) groups is 3. The number of carbonyl (C=O) groups excluding carboxylic acids is 2. The van der Waals surface area contributed by atoms with E-state index in [-0.39, 0.29) is 4.90 Å². The number of carboxylic acids is 1. The van der Waals surface area contributed by atoms with Gasteiger partial charge in [-0.15, -0.1) is 0 Å². The van der Waals surface area contributed by atoms with Crippen LogP contribution in [-0.4, -0.2) is 71.9 Å². The summed E-state index contributed by atoms with van der Waals surface area (Å²) >= 11 is 0. The van der Waals surface area contributed by atoms with Gasteiger partial charge in [0, 0.05) is 0 Å². The molecule has 0 aromatic heterocycles. The second kappa shape index (κ2) is 10.6. The lowest BCUT2D eigenvalue weighted by atomic mass is 9.89. The molecule has 0 aliphatic carbocycles. The summed E-state index contributed by atoms with van der Waals surface area (Å²) in [6.45, 7) is 9.38. The summed E-state index contributed by atoms with van der Waals surface area (Å²) in [5.74, 6) is -2.55. The molecule has 1 saturated heterocycles. The molecule has 1 aliphatic heterocycles. The third-order valence-electron chi connectivity index (χ3n) is 5.86. The molecule has 0 bridgehead atoms. The lowest BCUT2D eigenvalue weighted by Gasteiger charge is -2.56. The molecule has 0 saturated carbocycles. The second-order valence-electron chi connectivity index (χ2n) is 9.37. The van der Waals surface area contributed by atoms with Gasteiger partial charge < -0.3 is 21.5 Å². The molecule has 1 heterocycles. The molecule has 1 aliphatic rings. The largest absolute Gasteiger partial charge is 0.481 e. The van der Waals surface area contributed by atoms with E-state index in [1.807, 2.05) is 6.92 Å². The Kier molecular flexibility index (Phi) is 9.23. The SMILES string of the molecule is C[C@@H](NC(=O)[C@@H](N)CC(=O)O)C(=O)NC1C(C)(C)S(=O)(=O)C1(C)C.Cc1ccc(S(=O)(=O)O)cc1. The van der Waals surface area contributed by atoms with Crippen molar-refractivity contribution in [3.8, 4) is 0 Å². The van der Waals surface area contributed by atoms with Gasteiger partial charge in [0.05, 0.1) is 32.9 Å². The quantitative estimate of drug-likeness (QED) is 0.295. The summed E-state index contributed by atoms with van der Waals surface area (Å²) in [5.41, 5.74) is 6.38. The zero-order valence-corrected chi connectivity index (χ0v) is 22.0. The standard InChI is InChI=1S/C14H25N3O6S.C7H8O3S/c1-7(16-11(21)8(15)6-9(18)19)10(20)17-12-13(2,3)24(22,23)14(12,4)5;1-6-2-4-7(5-3-6)11(8,9)10/h7-8,12H,6,15H2,1-5H3,(H,16,21)(H,17,20)(H,18,19);2-5H,1H3,(H,8,9,10)/t7-,8+;/m1./s1. The van der Waals surface area contributed by atoms with Gasteiger partial charge in [-0.05, 0) is 53.7 Å². The number of sulfone groups is 1. The normalized spacial score (nSPS) is 19.7. The average Bonchev–Trinajstić information content (AvgIpc) is 2.70. The molecule has 0 unspecified atom stereocenters. The molecule has 0 spiro atoms. The Morgan fingerprint density at radius 1 is 1.06 bits per heavy atom. The van der Waals surface area contributed by atoms with Crippen LogP contribution in [0.25, 0.3) is 0 Å². The van der Waals surface area contributed by atoms with Crippen molar-refractivity contribution in [2.45, 2.75) is 80.5 Å². The Hall–Kier alpha value is -2.55. The van der Waals surface area contributed by atoms with Gasteiger partial charge in [-0.2, -0.15) is 8.42 Å². The maximum absolute atomic E-state index is 12.2. The zero-order valence-electron chi connectivity index (χ0n) is 20.4. The maximum atomic E-state index is 12.2. The highest BCUT2D eigenvalue weighted by Gasteiger charge is 2.67. The van der Waals surface area contributed by atoms with Gasteiger partial charge in [0.2, 0.25) is 11.8 Å². The highest BCUT2D eigenvalue weighted by molar-refractivity contribution is 7.95. The predicted molar refractivity (Wildman–Crippen MR) is 128 cm³/mol. The molecule has 6 N–H and O–H groups in total. The summed E-state index contributed by atoms with van der Waals surface area (Å²) in [5, 5.41) is 13.6. The first-order valence-corrected chi connectivity index (χ1v) is 13.4. The summed E-state index contributed by atoms with van der Waals surface area (Å²) in [4.78, 5) is 34.4. The van der Waals surface area contributed by atoms with Crippen molar-refractivity contribution in [2.75, 3.05) is 0 Å². The van der Waals surface area contributed by atoms with Crippen LogP contribution in [0.5, 0.6) is 0 Å². The number of aryl methyl sites for hydroxylation is 1. The van der Waals surface area contributed by atoms with Gasteiger partial charge in [-0.3, -0.25) is 18.9 Å². The van der Waals surface area contributed by atoms with E-state index in [0.717, 1.165) is 5.56 Å². The van der Waals surface area contributed by atoms with Crippen molar-refractivity contribution in [1.29, 1.82) is 0 Å². The fourth-order valence-electron chi connectivity index (χ4n) is 3.76. The van der Waals surface area contributed by atoms with Crippen LogP contribution in [0.4, 0.5) is 0 Å². The summed E-state index contributed by atoms with van der Waals surface area (Å²) < 4.78 is 51.8. The first kappa shape index (κ1) is 30.5. The first-order chi connectivity index (χ1) is 15.7. The number of carboxylic acid groups (broad SMARTS) is 1. The van der Waals surface area contributed by atoms with E-state index >= 15 is 0 Å². The van der Waals surface area contributed by atoms with Gasteiger partial charge in [-0.25, -0.2) is 8.42 Å². The minimum Gasteiger partial charge on any atom is -0.481 e. The molecule has 2 atom stereocenters. The zero-order chi connectivity index (χ0) is 27.6. The highest BCUT2D eigenvalue weighted by Crippen LogP contribution is 2.48. The van der Waals surface area contributed by atoms with E-state index in [9.17, 15) is 31.2 Å². The van der Waals surface area contributed by atoms with E-state index in [1.165, 1.54) is 46.8 Å². The molecule has 2 amide bonds. The van der Waals surface area contributed by atoms with E-state index in [2.05, 4.69) is 10.6 Å². The predicted octanol–water partition coefficient (Wildman–Crippen LogP) is 0.00522. The van der Waals surface area contributed by atoms with Crippen molar-refractivity contribution in [3.05, 3.63) is 29.8 Å². The number of amides is 2. The van der Waals surface area contributed by atoms with Crippen LogP contribution < -0.4 is 16.4 Å². The average molecular weight is 536 g/mol. The van der Waals surface area contributed by atoms with E-state index in [1.54, 1.807) is 12.1 Å². The van der Waals surface area contributed by atoms with Gasteiger partial charge in [0.25, 0.3) is 10.1 Å². The van der Waals surface area contributed by atoms with Crippen LogP contribution in [0.1, 0.15) is 46.6 Å². The van der Waals surface area contributed by atoms with Crippen molar-refractivity contribution in [1.82, 2.24) is 10.6 Å². The molecular weight excluding hydrogens is 502 g/mol. The minimum atomic E-state index is -4.02. The third-order valence-corrected chi connectivity index (χ3v) is 9.97. The smallest absolute Gasteiger partial charge is 0.305 e. The fourth-order valence-corrected chi connectivity index (χ4v) is 6.74. The molecule has 1 aromatic carbocycles. The number of hydrogen-bond acceptors (Lipinski definition) is 8. The highest BCUT2D eigenvalue weighted by atomic mass is 32.2. The van der Waals surface area contributed by atoms with Crippen LogP contribution in [0.15, 0.2) is 29.2 Å². The van der Waals surface area contributed by atoms with E-state index in [0.29, 0.717) is 0 Å². The first-order valence-electron chi connectivity index (χ1n) is 10.5. The molecule has 35 heavy (non-hydrogen) atoms. The molecule has 0 radical (unpaired) electrons. The fraction of sp³-hybridized carbons (Fsp3) is 0.571. The monoisotopic (exact) mass is 535 g/mol. The van der Waals surface area contributed by atoms with E-state index < -0.39 is 71.8 Å². The number of nitrogens with two attached hydrogens (primary N) is 1. The number of hydrogen-bond donors (Lipinski definition) is 5. The summed E-state index contributed by atoms with van der Waals surface area (Å²) in [6.07, 6.45) is -0.554. The number of nitrogens with one attached hydrogen (secondary N) is 2. The minimum absolute atomic E-state index is 0.0666. The Bertz CT molecular complexity index is 1150. The number of rotatable bonds is 7. The molecule has 14 heteroatoms. The topological polar surface area (TPSA) is 210 Å². The van der Waals surface area contributed by atoms with E-state index in [4.69, 9.17) is 15.4 Å². The Balaban J connectivity index is 0.000000462. The van der Waals surface area contributed by atoms with Gasteiger partial charge in [0.15, 0.2) is 9.84 Å². The summed E-state index contributed by atoms with van der Waals surface area (Å²) in [7, 11) is -7.42. The molecule has 1 fully saturated rings. The van der Waals surface area contributed by atoms with Gasteiger partial charge in [0.1, 0.15) is 6.04 Å². The lowest BCUT2D eigenvalue weighted by molar-refractivity contribution is -0.139. The molecule has 1 aromatic rings. The number of benzene rings is 1. The van der Waals surface area contributed by atoms with Gasteiger partial charge >= 0.3 is 5.97 Å². The second-order valence-corrected chi connectivity index (χ2v) is 13.9. The maximum Gasteiger partial charge on any atom is 0.305 e. The Morgan fingerprint density at radius 2 is 1.51 bits per heavy atom. The Labute approximate surface area is 205 Å². The number of aliphatic carboxylic acids is 1. The van der Waals surface area contributed by atoms with Crippen LogP contribution >= 0.6 is 0 Å². The van der Waals surface area contributed by atoms with Crippen LogP contribution in [-0.2, 0) is 34.3 Å². The molecule has 2 rings (SSSR count).